The van der Waals surface area contributed by atoms with Crippen molar-refractivity contribution >= 4 is 11.7 Å². The van der Waals surface area contributed by atoms with E-state index in [1.165, 1.54) is 16.7 Å². The van der Waals surface area contributed by atoms with Crippen LogP contribution in [0.15, 0.2) is 12.1 Å². The van der Waals surface area contributed by atoms with E-state index in [-0.39, 0.29) is 12.3 Å². The van der Waals surface area contributed by atoms with Crippen molar-refractivity contribution in [2.24, 2.45) is 0 Å². The molecule has 0 saturated heterocycles. The Hall–Kier alpha value is -1.51. The number of aryl methyl sites for hydroxylation is 2. The lowest BCUT2D eigenvalue weighted by Gasteiger charge is -2.28. The van der Waals surface area contributed by atoms with Crippen LogP contribution in [-0.4, -0.2) is 17.6 Å². The van der Waals surface area contributed by atoms with Crippen LogP contribution in [-0.2, 0) is 4.79 Å². The number of carbonyl (C=O) groups is 1. The molecule has 0 aromatic heterocycles. The van der Waals surface area contributed by atoms with Gasteiger partial charge in [0.05, 0.1) is 6.42 Å². The molecule has 0 amide bonds. The zero-order valence-corrected chi connectivity index (χ0v) is 9.71. The number of benzene rings is 1. The van der Waals surface area contributed by atoms with Gasteiger partial charge in [-0.2, -0.15) is 0 Å². The molecule has 0 fully saturated rings. The smallest absolute Gasteiger partial charge is 0.303 e. The van der Waals surface area contributed by atoms with Crippen molar-refractivity contribution in [1.82, 2.24) is 0 Å². The van der Waals surface area contributed by atoms with Gasteiger partial charge in [0.2, 0.25) is 0 Å². The molecular weight excluding hydrogens is 202 g/mol. The van der Waals surface area contributed by atoms with Crippen molar-refractivity contribution in [1.29, 1.82) is 0 Å². The van der Waals surface area contributed by atoms with Crippen molar-refractivity contribution in [3.63, 3.8) is 0 Å². The molecule has 1 aromatic carbocycles. The summed E-state index contributed by atoms with van der Waals surface area (Å²) in [5.41, 5.74) is 4.75. The molecule has 16 heavy (non-hydrogen) atoms. The van der Waals surface area contributed by atoms with Gasteiger partial charge in [0.15, 0.2) is 0 Å². The summed E-state index contributed by atoms with van der Waals surface area (Å²) in [6, 6.07) is 4.17. The maximum absolute atomic E-state index is 10.9. The van der Waals surface area contributed by atoms with Gasteiger partial charge in [0.1, 0.15) is 0 Å². The number of hydrogen-bond acceptors (Lipinski definition) is 2. The molecule has 0 radical (unpaired) electrons. The molecule has 3 heteroatoms. The normalized spacial score (nSPS) is 18.8. The average Bonchev–Trinajstić information content (AvgIpc) is 2.23. The summed E-state index contributed by atoms with van der Waals surface area (Å²) in [7, 11) is 0. The fourth-order valence-electron chi connectivity index (χ4n) is 2.52. The number of aliphatic carboxylic acids is 1. The minimum Gasteiger partial charge on any atom is -0.481 e. The summed E-state index contributed by atoms with van der Waals surface area (Å²) in [5, 5.41) is 12.3. The Kier molecular flexibility index (Phi) is 2.86. The maximum Gasteiger partial charge on any atom is 0.303 e. The van der Waals surface area contributed by atoms with Crippen molar-refractivity contribution in [2.75, 3.05) is 11.9 Å². The molecule has 2 N–H and O–H groups in total. The molecule has 1 heterocycles. The molecule has 1 aromatic rings. The van der Waals surface area contributed by atoms with E-state index < -0.39 is 5.97 Å². The molecule has 0 saturated carbocycles. The molecule has 0 aliphatic carbocycles. The summed E-state index contributed by atoms with van der Waals surface area (Å²) in [6.07, 6.45) is 1.14. The molecular formula is C13H17NO2. The van der Waals surface area contributed by atoms with Gasteiger partial charge in [-0.05, 0) is 42.9 Å². The Morgan fingerprint density at radius 2 is 2.12 bits per heavy atom. The van der Waals surface area contributed by atoms with E-state index in [4.69, 9.17) is 5.11 Å². The Labute approximate surface area is 95.5 Å². The van der Waals surface area contributed by atoms with E-state index in [2.05, 4.69) is 31.3 Å². The number of nitrogens with one attached hydrogen (secondary N) is 1. The van der Waals surface area contributed by atoms with E-state index in [1.807, 2.05) is 0 Å². The lowest BCUT2D eigenvalue weighted by molar-refractivity contribution is -0.137. The first-order chi connectivity index (χ1) is 7.59. The van der Waals surface area contributed by atoms with Crippen LogP contribution in [0.3, 0.4) is 0 Å². The quantitative estimate of drug-likeness (QED) is 0.804. The van der Waals surface area contributed by atoms with E-state index in [0.29, 0.717) is 0 Å². The molecule has 86 valence electrons. The highest BCUT2D eigenvalue weighted by Crippen LogP contribution is 2.38. The lowest BCUT2D eigenvalue weighted by Crippen LogP contribution is -2.21. The third kappa shape index (κ3) is 1.90. The van der Waals surface area contributed by atoms with Crippen LogP contribution in [0, 0.1) is 13.8 Å². The maximum atomic E-state index is 10.9. The van der Waals surface area contributed by atoms with Gasteiger partial charge >= 0.3 is 5.97 Å². The minimum absolute atomic E-state index is 0.161. The standard InChI is InChI=1S/C13H17NO2/c1-8-3-4-9(2)13-12(8)10(5-6-14-13)7-11(15)16/h3-4,10,14H,5-7H2,1-2H3,(H,15,16). The second kappa shape index (κ2) is 4.16. The largest absolute Gasteiger partial charge is 0.481 e. The molecule has 0 bridgehead atoms. The monoisotopic (exact) mass is 219 g/mol. The number of hydrogen-bond donors (Lipinski definition) is 2. The van der Waals surface area contributed by atoms with Crippen molar-refractivity contribution in [3.8, 4) is 0 Å². The van der Waals surface area contributed by atoms with Crippen LogP contribution in [0.5, 0.6) is 0 Å². The summed E-state index contributed by atoms with van der Waals surface area (Å²) < 4.78 is 0. The zero-order chi connectivity index (χ0) is 11.7. The fourth-order valence-corrected chi connectivity index (χ4v) is 2.52. The lowest BCUT2D eigenvalue weighted by atomic mass is 9.84. The summed E-state index contributed by atoms with van der Waals surface area (Å²) in [4.78, 5) is 10.9. The Morgan fingerprint density at radius 1 is 1.44 bits per heavy atom. The number of carboxylic acids is 1. The molecule has 2 rings (SSSR count). The summed E-state index contributed by atoms with van der Waals surface area (Å²) in [5.74, 6) is -0.549. The second-order valence-corrected chi connectivity index (χ2v) is 4.50. The van der Waals surface area contributed by atoms with Crippen LogP contribution in [0.4, 0.5) is 5.69 Å². The van der Waals surface area contributed by atoms with Crippen molar-refractivity contribution in [3.05, 3.63) is 28.8 Å². The third-order valence-corrected chi connectivity index (χ3v) is 3.30. The second-order valence-electron chi connectivity index (χ2n) is 4.50. The predicted molar refractivity (Wildman–Crippen MR) is 64.0 cm³/mol. The van der Waals surface area contributed by atoms with Crippen LogP contribution in [0.2, 0.25) is 0 Å². The van der Waals surface area contributed by atoms with Crippen LogP contribution in [0.25, 0.3) is 0 Å². The molecule has 0 spiro atoms. The molecule has 1 unspecified atom stereocenters. The van der Waals surface area contributed by atoms with Crippen LogP contribution in [0.1, 0.15) is 35.4 Å². The van der Waals surface area contributed by atoms with Gasteiger partial charge in [-0.25, -0.2) is 0 Å². The van der Waals surface area contributed by atoms with E-state index in [0.717, 1.165) is 18.7 Å². The topological polar surface area (TPSA) is 49.3 Å². The Balaban J connectivity index is 2.44. The number of fused-ring (bicyclic) bond motifs is 1. The van der Waals surface area contributed by atoms with Crippen molar-refractivity contribution < 1.29 is 9.90 Å². The third-order valence-electron chi connectivity index (χ3n) is 3.30. The highest BCUT2D eigenvalue weighted by molar-refractivity contribution is 5.71. The van der Waals surface area contributed by atoms with E-state index >= 15 is 0 Å². The van der Waals surface area contributed by atoms with Gasteiger partial charge in [0.25, 0.3) is 0 Å². The van der Waals surface area contributed by atoms with Gasteiger partial charge < -0.3 is 10.4 Å². The van der Waals surface area contributed by atoms with E-state index in [1.54, 1.807) is 0 Å². The highest BCUT2D eigenvalue weighted by atomic mass is 16.4. The molecule has 1 aliphatic rings. The Bertz CT molecular complexity index is 426. The average molecular weight is 219 g/mol. The number of anilines is 1. The number of rotatable bonds is 2. The molecule has 3 nitrogen and oxygen atoms in total. The fraction of sp³-hybridized carbons (Fsp3) is 0.462. The van der Waals surface area contributed by atoms with Gasteiger partial charge in [-0.3, -0.25) is 4.79 Å². The van der Waals surface area contributed by atoms with Crippen molar-refractivity contribution in [2.45, 2.75) is 32.6 Å². The first-order valence-electron chi connectivity index (χ1n) is 5.65. The molecule has 1 aliphatic heterocycles. The summed E-state index contributed by atoms with van der Waals surface area (Å²) in [6.45, 7) is 4.99. The number of carboxylic acid groups (broad SMARTS) is 1. The van der Waals surface area contributed by atoms with E-state index in [9.17, 15) is 4.79 Å². The van der Waals surface area contributed by atoms with Gasteiger partial charge in [-0.15, -0.1) is 0 Å². The SMILES string of the molecule is Cc1ccc(C)c2c1NCCC2CC(=O)O. The van der Waals surface area contributed by atoms with Gasteiger partial charge in [-0.1, -0.05) is 12.1 Å². The Morgan fingerprint density at radius 3 is 2.81 bits per heavy atom. The predicted octanol–water partition coefficient (Wildman–Crippen LogP) is 2.68. The summed E-state index contributed by atoms with van der Waals surface area (Å²) >= 11 is 0. The highest BCUT2D eigenvalue weighted by Gasteiger charge is 2.24. The van der Waals surface area contributed by atoms with Gasteiger partial charge in [0, 0.05) is 12.2 Å². The minimum atomic E-state index is -0.709. The first-order valence-corrected chi connectivity index (χ1v) is 5.65. The van der Waals surface area contributed by atoms with Crippen LogP contribution < -0.4 is 5.32 Å². The van der Waals surface area contributed by atoms with Crippen LogP contribution >= 0.6 is 0 Å². The zero-order valence-electron chi connectivity index (χ0n) is 9.71. The molecule has 1 atom stereocenters. The first kappa shape index (κ1) is 11.0.